The number of nitrogens with zero attached hydrogens (tertiary/aromatic N) is 3. The van der Waals surface area contributed by atoms with Gasteiger partial charge >= 0.3 is 0 Å². The maximum atomic E-state index is 10.9. The molecule has 96 valence electrons. The predicted octanol–water partition coefficient (Wildman–Crippen LogP) is 1.82. The Labute approximate surface area is 112 Å². The van der Waals surface area contributed by atoms with Crippen LogP contribution >= 0.6 is 11.6 Å². The number of carbonyl (C=O) groups is 1. The van der Waals surface area contributed by atoms with Crippen LogP contribution in [0.1, 0.15) is 16.2 Å². The van der Waals surface area contributed by atoms with E-state index in [9.17, 15) is 4.79 Å². The number of furan rings is 1. The standard InChI is InChI=1S/C12H9ClN4O2/c13-8-2-1-7-3-9(19-11(7)4-8)5-17-6-10(12(14)18)15-16-17/h1-4,6H,5H2,(H2,14,18). The van der Waals surface area contributed by atoms with Crippen LogP contribution in [0.15, 0.2) is 34.9 Å². The van der Waals surface area contributed by atoms with Gasteiger partial charge in [-0.2, -0.15) is 0 Å². The van der Waals surface area contributed by atoms with Gasteiger partial charge in [0, 0.05) is 16.5 Å². The zero-order valence-electron chi connectivity index (χ0n) is 9.71. The van der Waals surface area contributed by atoms with Crippen molar-refractivity contribution >= 4 is 28.5 Å². The highest BCUT2D eigenvalue weighted by molar-refractivity contribution is 6.31. The first-order valence-corrected chi connectivity index (χ1v) is 5.87. The van der Waals surface area contributed by atoms with Gasteiger partial charge in [-0.3, -0.25) is 4.79 Å². The molecule has 0 atom stereocenters. The van der Waals surface area contributed by atoms with Crippen molar-refractivity contribution < 1.29 is 9.21 Å². The Morgan fingerprint density at radius 1 is 1.42 bits per heavy atom. The third-order valence-corrected chi connectivity index (χ3v) is 2.88. The first-order chi connectivity index (χ1) is 9.11. The topological polar surface area (TPSA) is 86.9 Å². The average molecular weight is 277 g/mol. The molecule has 6 nitrogen and oxygen atoms in total. The van der Waals surface area contributed by atoms with Crippen molar-refractivity contribution in [1.82, 2.24) is 15.0 Å². The second kappa shape index (κ2) is 4.40. The Morgan fingerprint density at radius 2 is 2.26 bits per heavy atom. The van der Waals surface area contributed by atoms with Crippen molar-refractivity contribution in [3.63, 3.8) is 0 Å². The van der Waals surface area contributed by atoms with E-state index >= 15 is 0 Å². The van der Waals surface area contributed by atoms with Gasteiger partial charge < -0.3 is 10.2 Å². The highest BCUT2D eigenvalue weighted by atomic mass is 35.5. The minimum atomic E-state index is -0.609. The number of hydrogen-bond acceptors (Lipinski definition) is 4. The molecule has 1 amide bonds. The molecule has 2 N–H and O–H groups in total. The van der Waals surface area contributed by atoms with Gasteiger partial charge in [0.1, 0.15) is 17.9 Å². The Kier molecular flexibility index (Phi) is 2.72. The molecule has 2 heterocycles. The Bertz CT molecular complexity index is 762. The molecule has 0 aliphatic rings. The third-order valence-electron chi connectivity index (χ3n) is 2.64. The molecule has 0 unspecified atom stereocenters. The summed E-state index contributed by atoms with van der Waals surface area (Å²) >= 11 is 5.89. The first kappa shape index (κ1) is 11.7. The van der Waals surface area contributed by atoms with E-state index in [0.29, 0.717) is 22.9 Å². The average Bonchev–Trinajstić information content (AvgIpc) is 2.95. The molecule has 0 spiro atoms. The van der Waals surface area contributed by atoms with E-state index in [4.69, 9.17) is 21.8 Å². The molecule has 0 aliphatic heterocycles. The van der Waals surface area contributed by atoms with E-state index in [2.05, 4.69) is 10.3 Å². The van der Waals surface area contributed by atoms with Crippen LogP contribution in [0.2, 0.25) is 5.02 Å². The van der Waals surface area contributed by atoms with E-state index in [1.165, 1.54) is 10.9 Å². The minimum absolute atomic E-state index is 0.124. The molecule has 0 bridgehead atoms. The van der Waals surface area contributed by atoms with Gasteiger partial charge in [0.2, 0.25) is 0 Å². The fourth-order valence-electron chi connectivity index (χ4n) is 1.79. The lowest BCUT2D eigenvalue weighted by Gasteiger charge is -1.94. The summed E-state index contributed by atoms with van der Waals surface area (Å²) in [7, 11) is 0. The summed E-state index contributed by atoms with van der Waals surface area (Å²) in [5.74, 6) is 0.0841. The summed E-state index contributed by atoms with van der Waals surface area (Å²) in [4.78, 5) is 10.9. The monoisotopic (exact) mass is 276 g/mol. The SMILES string of the molecule is NC(=O)c1cn(Cc2cc3ccc(Cl)cc3o2)nn1. The van der Waals surface area contributed by atoms with Crippen LogP contribution in [0.4, 0.5) is 0 Å². The number of rotatable bonds is 3. The van der Waals surface area contributed by atoms with Crippen LogP contribution in [0.25, 0.3) is 11.0 Å². The van der Waals surface area contributed by atoms with Crippen molar-refractivity contribution in [2.24, 2.45) is 5.73 Å². The van der Waals surface area contributed by atoms with Crippen molar-refractivity contribution in [2.75, 3.05) is 0 Å². The molecule has 2 aromatic heterocycles. The van der Waals surface area contributed by atoms with E-state index in [-0.39, 0.29) is 5.69 Å². The lowest BCUT2D eigenvalue weighted by molar-refractivity contribution is 0.0995. The van der Waals surface area contributed by atoms with Gasteiger partial charge in [0.15, 0.2) is 5.69 Å². The van der Waals surface area contributed by atoms with Crippen LogP contribution in [0, 0.1) is 0 Å². The second-order valence-corrected chi connectivity index (χ2v) is 4.50. The number of carbonyl (C=O) groups excluding carboxylic acids is 1. The second-order valence-electron chi connectivity index (χ2n) is 4.06. The fourth-order valence-corrected chi connectivity index (χ4v) is 1.95. The van der Waals surface area contributed by atoms with Crippen molar-refractivity contribution in [2.45, 2.75) is 6.54 Å². The Hall–Kier alpha value is -2.34. The van der Waals surface area contributed by atoms with Crippen LogP contribution in [0.5, 0.6) is 0 Å². The lowest BCUT2D eigenvalue weighted by Crippen LogP contribution is -2.11. The lowest BCUT2D eigenvalue weighted by atomic mass is 10.2. The van der Waals surface area contributed by atoms with Crippen LogP contribution in [0.3, 0.4) is 0 Å². The number of aromatic nitrogens is 3. The van der Waals surface area contributed by atoms with Gasteiger partial charge in [0.25, 0.3) is 5.91 Å². The maximum Gasteiger partial charge on any atom is 0.270 e. The molecular formula is C12H9ClN4O2. The van der Waals surface area contributed by atoms with E-state index in [1.807, 2.05) is 12.1 Å². The first-order valence-electron chi connectivity index (χ1n) is 5.50. The van der Waals surface area contributed by atoms with E-state index < -0.39 is 5.91 Å². The van der Waals surface area contributed by atoms with E-state index in [0.717, 1.165) is 5.39 Å². The molecule has 3 aromatic rings. The third kappa shape index (κ3) is 2.30. The summed E-state index contributed by atoms with van der Waals surface area (Å²) in [6.45, 7) is 0.368. The van der Waals surface area contributed by atoms with Gasteiger partial charge in [-0.25, -0.2) is 4.68 Å². The molecule has 3 rings (SSSR count). The number of nitrogens with two attached hydrogens (primary N) is 1. The van der Waals surface area contributed by atoms with Gasteiger partial charge in [-0.05, 0) is 18.2 Å². The molecule has 19 heavy (non-hydrogen) atoms. The molecule has 0 fully saturated rings. The maximum absolute atomic E-state index is 10.9. The van der Waals surface area contributed by atoms with Crippen molar-refractivity contribution in [3.8, 4) is 0 Å². The molecule has 0 saturated heterocycles. The van der Waals surface area contributed by atoms with Crippen LogP contribution in [-0.4, -0.2) is 20.9 Å². The predicted molar refractivity (Wildman–Crippen MR) is 68.9 cm³/mol. The number of fused-ring (bicyclic) bond motifs is 1. The van der Waals surface area contributed by atoms with Crippen LogP contribution < -0.4 is 5.73 Å². The quantitative estimate of drug-likeness (QED) is 0.790. The molecule has 1 aromatic carbocycles. The zero-order valence-corrected chi connectivity index (χ0v) is 10.5. The molecule has 7 heteroatoms. The summed E-state index contributed by atoms with van der Waals surface area (Å²) in [5, 5.41) is 9.03. The summed E-state index contributed by atoms with van der Waals surface area (Å²) in [5.41, 5.74) is 5.94. The minimum Gasteiger partial charge on any atom is -0.459 e. The van der Waals surface area contributed by atoms with Gasteiger partial charge in [0.05, 0.1) is 6.20 Å². The smallest absolute Gasteiger partial charge is 0.270 e. The number of amides is 1. The number of halogens is 1. The normalized spacial score (nSPS) is 11.0. The molecular weight excluding hydrogens is 268 g/mol. The van der Waals surface area contributed by atoms with Crippen LogP contribution in [-0.2, 0) is 6.54 Å². The fraction of sp³-hybridized carbons (Fsp3) is 0.0833. The molecule has 0 radical (unpaired) electrons. The molecule has 0 saturated carbocycles. The Morgan fingerprint density at radius 3 is 3.00 bits per heavy atom. The van der Waals surface area contributed by atoms with Gasteiger partial charge in [-0.1, -0.05) is 16.8 Å². The Balaban J connectivity index is 1.89. The molecule has 0 aliphatic carbocycles. The number of primary amides is 1. The summed E-state index contributed by atoms with van der Waals surface area (Å²) in [6, 6.07) is 7.30. The van der Waals surface area contributed by atoms with E-state index in [1.54, 1.807) is 12.1 Å². The summed E-state index contributed by atoms with van der Waals surface area (Å²) in [6.07, 6.45) is 1.47. The number of benzene rings is 1. The summed E-state index contributed by atoms with van der Waals surface area (Å²) < 4.78 is 7.12. The van der Waals surface area contributed by atoms with Crippen molar-refractivity contribution in [3.05, 3.63) is 46.9 Å². The zero-order chi connectivity index (χ0) is 13.4. The highest BCUT2D eigenvalue weighted by Crippen LogP contribution is 2.23. The van der Waals surface area contributed by atoms with Gasteiger partial charge in [-0.15, -0.1) is 5.10 Å². The van der Waals surface area contributed by atoms with Crippen molar-refractivity contribution in [1.29, 1.82) is 0 Å². The number of hydrogen-bond donors (Lipinski definition) is 1. The largest absolute Gasteiger partial charge is 0.459 e. The highest BCUT2D eigenvalue weighted by Gasteiger charge is 2.09.